The van der Waals surface area contributed by atoms with Crippen molar-refractivity contribution in [2.45, 2.75) is 39.1 Å². The Labute approximate surface area is 125 Å². The van der Waals surface area contributed by atoms with E-state index in [-0.39, 0.29) is 22.9 Å². The topological polar surface area (TPSA) is 218 Å². The Hall–Kier alpha value is -1.24. The molecule has 0 aromatic rings. The van der Waals surface area contributed by atoms with Gasteiger partial charge in [0, 0.05) is 0 Å². The van der Waals surface area contributed by atoms with Crippen LogP contribution in [0.1, 0.15) is 20.8 Å². The minimum Gasteiger partial charge on any atom is -0.547 e. The molecule has 0 aliphatic rings. The summed E-state index contributed by atoms with van der Waals surface area (Å²) in [7, 11) is 0. The summed E-state index contributed by atoms with van der Waals surface area (Å²) < 4.78 is 0. The molecule has 0 aromatic heterocycles. The van der Waals surface area contributed by atoms with Crippen LogP contribution in [0.15, 0.2) is 0 Å². The maximum atomic E-state index is 9.34. The largest absolute Gasteiger partial charge is 2.00 e. The zero-order valence-corrected chi connectivity index (χ0v) is 12.4. The first-order chi connectivity index (χ1) is 7.93. The monoisotopic (exact) mass is 344 g/mol. The van der Waals surface area contributed by atoms with Crippen LogP contribution in [0.25, 0.3) is 0 Å². The summed E-state index contributed by atoms with van der Waals surface area (Å²) >= 11 is 0. The minimum atomic E-state index is -1.44. The van der Waals surface area contributed by atoms with Crippen molar-refractivity contribution in [3.05, 3.63) is 0 Å². The van der Waals surface area contributed by atoms with Gasteiger partial charge in [0.25, 0.3) is 0 Å². The number of hydrogen-bond acceptors (Lipinski definition) is 9. The molecule has 11 heteroatoms. The molecular formula is C9H19CoNO9. The average Bonchev–Trinajstić information content (AvgIpc) is 2.18. The molecule has 123 valence electrons. The van der Waals surface area contributed by atoms with Crippen LogP contribution >= 0.6 is 0 Å². The summed E-state index contributed by atoms with van der Waals surface area (Å²) in [6.07, 6.45) is -4.03. The summed E-state index contributed by atoms with van der Waals surface area (Å²) in [6.45, 7) is 3.40. The number of carboxylic acid groups (broad SMARTS) is 3. The van der Waals surface area contributed by atoms with Crippen LogP contribution in [0.2, 0.25) is 0 Å². The van der Waals surface area contributed by atoms with Gasteiger partial charge in [-0.1, -0.05) is 0 Å². The van der Waals surface area contributed by atoms with E-state index in [1.54, 1.807) is 0 Å². The molecular weight excluding hydrogens is 325 g/mol. The Kier molecular flexibility index (Phi) is 27.7. The molecule has 0 spiro atoms. The van der Waals surface area contributed by atoms with E-state index in [4.69, 9.17) is 15.3 Å². The zero-order valence-electron chi connectivity index (χ0n) is 11.4. The minimum absolute atomic E-state index is 0. The third-order valence-electron chi connectivity index (χ3n) is 1.02. The van der Waals surface area contributed by atoms with Gasteiger partial charge in [-0.15, -0.1) is 0 Å². The fourth-order valence-corrected chi connectivity index (χ4v) is 0. The van der Waals surface area contributed by atoms with Gasteiger partial charge in [0.15, 0.2) is 0 Å². The number of aliphatic carboxylic acids is 3. The van der Waals surface area contributed by atoms with E-state index in [1.165, 1.54) is 0 Å². The summed E-state index contributed by atoms with van der Waals surface area (Å²) in [5.74, 6) is -4.31. The average molecular weight is 344 g/mol. The van der Waals surface area contributed by atoms with Crippen LogP contribution in [0.5, 0.6) is 0 Å². The molecule has 0 fully saturated rings. The molecule has 7 N–H and O–H groups in total. The number of aliphatic hydroxyl groups is 3. The van der Waals surface area contributed by atoms with Gasteiger partial charge in [0.1, 0.15) is 0 Å². The number of rotatable bonds is 3. The number of carbonyl (C=O) groups excluding carboxylic acids is 3. The van der Waals surface area contributed by atoms with Gasteiger partial charge >= 0.3 is 16.8 Å². The van der Waals surface area contributed by atoms with E-state index in [0.29, 0.717) is 0 Å². The SMILES string of the molecule is CC(O)C(=O)[O-].CC(O)C(=O)[O-].CC(O)C(=O)[O-].[Co+2].[NH4+]. The fraction of sp³-hybridized carbons (Fsp3) is 0.667. The van der Waals surface area contributed by atoms with Crippen molar-refractivity contribution in [3.8, 4) is 0 Å². The molecule has 0 bridgehead atoms. The first-order valence-electron chi connectivity index (χ1n) is 4.60. The van der Waals surface area contributed by atoms with Crippen LogP contribution < -0.4 is 21.5 Å². The van der Waals surface area contributed by atoms with Gasteiger partial charge in [0.05, 0.1) is 36.2 Å². The third kappa shape index (κ3) is 36.0. The zero-order chi connectivity index (χ0) is 15.5. The number of aliphatic hydroxyl groups excluding tert-OH is 3. The van der Waals surface area contributed by atoms with Crippen molar-refractivity contribution in [3.63, 3.8) is 0 Å². The van der Waals surface area contributed by atoms with E-state index < -0.39 is 36.2 Å². The van der Waals surface area contributed by atoms with Gasteiger partial charge in [0.2, 0.25) is 0 Å². The van der Waals surface area contributed by atoms with Crippen molar-refractivity contribution in [2.24, 2.45) is 0 Å². The number of quaternary nitrogens is 1. The molecule has 10 nitrogen and oxygen atoms in total. The standard InChI is InChI=1S/3C3H6O3.Co.H3N/c3*1-2(4)3(5)6;;/h3*2,4H,1H3,(H,5,6);;1H3/q;;;+2;/p-2. The van der Waals surface area contributed by atoms with Gasteiger partial charge in [-0.05, 0) is 20.8 Å². The molecule has 0 aromatic carbocycles. The Balaban J connectivity index is -0.0000000536. The first kappa shape index (κ1) is 31.3. The maximum absolute atomic E-state index is 9.34. The van der Waals surface area contributed by atoms with E-state index >= 15 is 0 Å². The smallest absolute Gasteiger partial charge is 0.547 e. The van der Waals surface area contributed by atoms with Crippen molar-refractivity contribution in [2.75, 3.05) is 0 Å². The predicted octanol–water partition coefficient (Wildman–Crippen LogP) is -5.27. The van der Waals surface area contributed by atoms with Crippen molar-refractivity contribution >= 4 is 17.9 Å². The second-order valence-corrected chi connectivity index (χ2v) is 2.99. The molecule has 0 saturated carbocycles. The van der Waals surface area contributed by atoms with E-state index in [0.717, 1.165) is 20.8 Å². The number of carboxylic acids is 3. The molecule has 0 rings (SSSR count). The Bertz CT molecular complexity index is 225. The summed E-state index contributed by atoms with van der Waals surface area (Å²) in [6, 6.07) is 0. The molecule has 20 heavy (non-hydrogen) atoms. The van der Waals surface area contributed by atoms with E-state index in [9.17, 15) is 29.7 Å². The third-order valence-corrected chi connectivity index (χ3v) is 1.02. The molecule has 0 heterocycles. The summed E-state index contributed by atoms with van der Waals surface area (Å²) in [5, 5.41) is 51.9. The Morgan fingerprint density at radius 1 is 0.700 bits per heavy atom. The van der Waals surface area contributed by atoms with E-state index in [2.05, 4.69) is 0 Å². The van der Waals surface area contributed by atoms with Gasteiger partial charge in [-0.3, -0.25) is 0 Å². The van der Waals surface area contributed by atoms with Crippen LogP contribution in [0, 0.1) is 0 Å². The van der Waals surface area contributed by atoms with E-state index in [1.807, 2.05) is 0 Å². The molecule has 0 amide bonds. The summed E-state index contributed by atoms with van der Waals surface area (Å²) in [4.78, 5) is 28.0. The normalized spacial score (nSPS) is 12.3. The van der Waals surface area contributed by atoms with Crippen molar-refractivity contribution in [1.29, 1.82) is 0 Å². The fourth-order valence-electron chi connectivity index (χ4n) is 0. The molecule has 0 aliphatic heterocycles. The number of hydrogen-bond donors (Lipinski definition) is 4. The van der Waals surface area contributed by atoms with Crippen LogP contribution in [0.4, 0.5) is 0 Å². The first-order valence-corrected chi connectivity index (χ1v) is 4.60. The quantitative estimate of drug-likeness (QED) is 0.383. The van der Waals surface area contributed by atoms with Gasteiger partial charge in [-0.25, -0.2) is 0 Å². The van der Waals surface area contributed by atoms with Crippen molar-refractivity contribution < 1.29 is 61.8 Å². The van der Waals surface area contributed by atoms with Gasteiger partial charge < -0.3 is 51.2 Å². The molecule has 1 radical (unpaired) electrons. The Morgan fingerprint density at radius 3 is 0.750 bits per heavy atom. The second kappa shape index (κ2) is 17.8. The Morgan fingerprint density at radius 2 is 0.750 bits per heavy atom. The van der Waals surface area contributed by atoms with Crippen LogP contribution in [-0.2, 0) is 31.2 Å². The van der Waals surface area contributed by atoms with Crippen molar-refractivity contribution in [1.82, 2.24) is 6.15 Å². The number of carbonyl (C=O) groups is 3. The molecule has 0 saturated heterocycles. The molecule has 3 atom stereocenters. The van der Waals surface area contributed by atoms with Crippen LogP contribution in [0.3, 0.4) is 0 Å². The molecule has 0 aliphatic carbocycles. The van der Waals surface area contributed by atoms with Crippen LogP contribution in [-0.4, -0.2) is 51.5 Å². The maximum Gasteiger partial charge on any atom is 2.00 e. The second-order valence-electron chi connectivity index (χ2n) is 2.99. The predicted molar refractivity (Wildman–Crippen MR) is 56.0 cm³/mol. The van der Waals surface area contributed by atoms with Gasteiger partial charge in [-0.2, -0.15) is 0 Å². The summed E-state index contributed by atoms with van der Waals surface area (Å²) in [5.41, 5.74) is 0. The molecule has 3 unspecified atom stereocenters.